The minimum atomic E-state index is -0.508. The summed E-state index contributed by atoms with van der Waals surface area (Å²) in [7, 11) is 1.65. The Bertz CT molecular complexity index is 539. The first-order valence-electron chi connectivity index (χ1n) is 8.28. The van der Waals surface area contributed by atoms with E-state index >= 15 is 0 Å². The van der Waals surface area contributed by atoms with E-state index in [1.807, 2.05) is 45.0 Å². The molecule has 0 aliphatic carbocycles. The zero-order valence-corrected chi connectivity index (χ0v) is 15.0. The van der Waals surface area contributed by atoms with Gasteiger partial charge < -0.3 is 19.5 Å². The molecule has 134 valence electrons. The van der Waals surface area contributed by atoms with E-state index in [9.17, 15) is 9.90 Å². The standard InChI is InChI=1S/C18H28N2O4/c1-18(2,3)24-17(22)20-10-9-19(15(12-20)13-21)11-14-5-7-16(23-4)8-6-14/h5-8,15,21H,9-13H2,1-4H3/t15-/m0/s1. The van der Waals surface area contributed by atoms with Crippen LogP contribution in [0.3, 0.4) is 0 Å². The van der Waals surface area contributed by atoms with Gasteiger partial charge in [0.2, 0.25) is 0 Å². The average Bonchev–Trinajstić information content (AvgIpc) is 2.54. The van der Waals surface area contributed by atoms with Crippen molar-refractivity contribution in [3.05, 3.63) is 29.8 Å². The largest absolute Gasteiger partial charge is 0.497 e. The normalized spacial score (nSPS) is 19.2. The van der Waals surface area contributed by atoms with Gasteiger partial charge in [0.15, 0.2) is 0 Å². The van der Waals surface area contributed by atoms with Crippen LogP contribution in [0, 0.1) is 0 Å². The monoisotopic (exact) mass is 336 g/mol. The minimum Gasteiger partial charge on any atom is -0.497 e. The molecule has 2 rings (SSSR count). The number of aliphatic hydroxyl groups excluding tert-OH is 1. The van der Waals surface area contributed by atoms with Gasteiger partial charge in [0.05, 0.1) is 19.8 Å². The molecule has 1 amide bonds. The van der Waals surface area contributed by atoms with Gasteiger partial charge in [-0.1, -0.05) is 12.1 Å². The van der Waals surface area contributed by atoms with E-state index in [0.717, 1.165) is 17.9 Å². The molecule has 24 heavy (non-hydrogen) atoms. The van der Waals surface area contributed by atoms with Gasteiger partial charge in [-0.05, 0) is 38.5 Å². The third-order valence-electron chi connectivity index (χ3n) is 4.01. The second-order valence-corrected chi connectivity index (χ2v) is 7.08. The van der Waals surface area contributed by atoms with Crippen LogP contribution >= 0.6 is 0 Å². The van der Waals surface area contributed by atoms with E-state index < -0.39 is 5.60 Å². The minimum absolute atomic E-state index is 0.00938. The fourth-order valence-corrected chi connectivity index (χ4v) is 2.73. The number of aliphatic hydroxyl groups is 1. The Morgan fingerprint density at radius 1 is 1.25 bits per heavy atom. The van der Waals surface area contributed by atoms with Crippen molar-refractivity contribution in [2.75, 3.05) is 33.4 Å². The van der Waals surface area contributed by atoms with Crippen molar-refractivity contribution < 1.29 is 19.4 Å². The van der Waals surface area contributed by atoms with Crippen LogP contribution in [0.15, 0.2) is 24.3 Å². The number of carbonyl (C=O) groups is 1. The summed E-state index contributed by atoms with van der Waals surface area (Å²) < 4.78 is 10.6. The van der Waals surface area contributed by atoms with E-state index in [4.69, 9.17) is 9.47 Å². The van der Waals surface area contributed by atoms with Gasteiger partial charge in [0.25, 0.3) is 0 Å². The van der Waals surface area contributed by atoms with Crippen LogP contribution in [0.2, 0.25) is 0 Å². The number of nitrogens with zero attached hydrogens (tertiary/aromatic N) is 2. The molecule has 1 saturated heterocycles. The van der Waals surface area contributed by atoms with Gasteiger partial charge in [0, 0.05) is 26.2 Å². The Labute approximate surface area is 144 Å². The molecule has 1 N–H and O–H groups in total. The number of benzene rings is 1. The maximum atomic E-state index is 12.2. The predicted molar refractivity (Wildman–Crippen MR) is 92.1 cm³/mol. The first kappa shape index (κ1) is 18.5. The maximum absolute atomic E-state index is 12.2. The number of ether oxygens (including phenoxy) is 2. The number of methoxy groups -OCH3 is 1. The fraction of sp³-hybridized carbons (Fsp3) is 0.611. The first-order chi connectivity index (χ1) is 11.3. The molecule has 0 bridgehead atoms. The summed E-state index contributed by atoms with van der Waals surface area (Å²) in [6, 6.07) is 7.81. The summed E-state index contributed by atoms with van der Waals surface area (Å²) in [5.41, 5.74) is 0.645. The molecule has 0 spiro atoms. The summed E-state index contributed by atoms with van der Waals surface area (Å²) in [5.74, 6) is 0.826. The zero-order chi connectivity index (χ0) is 17.7. The molecule has 0 unspecified atom stereocenters. The van der Waals surface area contributed by atoms with Crippen LogP contribution in [-0.4, -0.2) is 66.0 Å². The Kier molecular flexibility index (Phi) is 6.07. The number of piperazine rings is 1. The molecule has 1 aromatic carbocycles. The second-order valence-electron chi connectivity index (χ2n) is 7.08. The highest BCUT2D eigenvalue weighted by Crippen LogP contribution is 2.18. The molecule has 1 fully saturated rings. The zero-order valence-electron chi connectivity index (χ0n) is 15.0. The third-order valence-corrected chi connectivity index (χ3v) is 4.01. The highest BCUT2D eigenvalue weighted by Gasteiger charge is 2.31. The Morgan fingerprint density at radius 3 is 2.46 bits per heavy atom. The highest BCUT2D eigenvalue weighted by molar-refractivity contribution is 5.68. The lowest BCUT2D eigenvalue weighted by Crippen LogP contribution is -2.56. The van der Waals surface area contributed by atoms with E-state index in [2.05, 4.69) is 4.90 Å². The molecule has 1 aliphatic heterocycles. The molecule has 6 heteroatoms. The SMILES string of the molecule is COc1ccc(CN2CCN(C(=O)OC(C)(C)C)C[C@H]2CO)cc1. The number of hydrogen-bond acceptors (Lipinski definition) is 5. The van der Waals surface area contributed by atoms with Gasteiger partial charge in [0.1, 0.15) is 11.4 Å². The molecular formula is C18H28N2O4. The van der Waals surface area contributed by atoms with Crippen LogP contribution in [0.1, 0.15) is 26.3 Å². The lowest BCUT2D eigenvalue weighted by atomic mass is 10.1. The van der Waals surface area contributed by atoms with Crippen molar-refractivity contribution in [3.63, 3.8) is 0 Å². The molecule has 1 heterocycles. The van der Waals surface area contributed by atoms with Gasteiger partial charge in [-0.25, -0.2) is 4.79 Å². The number of hydrogen-bond donors (Lipinski definition) is 1. The van der Waals surface area contributed by atoms with Gasteiger partial charge in [-0.15, -0.1) is 0 Å². The molecule has 0 radical (unpaired) electrons. The smallest absolute Gasteiger partial charge is 0.410 e. The summed E-state index contributed by atoms with van der Waals surface area (Å²) >= 11 is 0. The number of rotatable bonds is 4. The van der Waals surface area contributed by atoms with Gasteiger partial charge in [-0.2, -0.15) is 0 Å². The number of carbonyl (C=O) groups excluding carboxylic acids is 1. The molecule has 6 nitrogen and oxygen atoms in total. The van der Waals surface area contributed by atoms with Crippen LogP contribution in [0.4, 0.5) is 4.79 Å². The molecule has 1 aromatic rings. The molecule has 0 aromatic heterocycles. The van der Waals surface area contributed by atoms with Crippen LogP contribution in [0.25, 0.3) is 0 Å². The average molecular weight is 336 g/mol. The fourth-order valence-electron chi connectivity index (χ4n) is 2.73. The molecular weight excluding hydrogens is 308 g/mol. The van der Waals surface area contributed by atoms with Crippen molar-refractivity contribution >= 4 is 6.09 Å². The van der Waals surface area contributed by atoms with Crippen molar-refractivity contribution in [2.24, 2.45) is 0 Å². The molecule has 1 aliphatic rings. The van der Waals surface area contributed by atoms with Crippen molar-refractivity contribution in [3.8, 4) is 5.75 Å². The van der Waals surface area contributed by atoms with Crippen molar-refractivity contribution in [2.45, 2.75) is 39.0 Å². The van der Waals surface area contributed by atoms with E-state index in [1.165, 1.54) is 0 Å². The second kappa shape index (κ2) is 7.85. The van der Waals surface area contributed by atoms with Gasteiger partial charge >= 0.3 is 6.09 Å². The summed E-state index contributed by atoms with van der Waals surface area (Å²) in [6.45, 7) is 8.09. The van der Waals surface area contributed by atoms with Gasteiger partial charge in [-0.3, -0.25) is 4.90 Å². The maximum Gasteiger partial charge on any atom is 0.410 e. The highest BCUT2D eigenvalue weighted by atomic mass is 16.6. The van der Waals surface area contributed by atoms with E-state index in [1.54, 1.807) is 12.0 Å². The van der Waals surface area contributed by atoms with E-state index in [-0.39, 0.29) is 18.7 Å². The molecule has 0 saturated carbocycles. The van der Waals surface area contributed by atoms with Crippen LogP contribution in [-0.2, 0) is 11.3 Å². The summed E-state index contributed by atoms with van der Waals surface area (Å²) in [5, 5.41) is 9.71. The Morgan fingerprint density at radius 2 is 1.92 bits per heavy atom. The topological polar surface area (TPSA) is 62.2 Å². The number of amides is 1. The summed E-state index contributed by atoms with van der Waals surface area (Å²) in [6.07, 6.45) is -0.315. The van der Waals surface area contributed by atoms with Crippen molar-refractivity contribution in [1.29, 1.82) is 0 Å². The summed E-state index contributed by atoms with van der Waals surface area (Å²) in [4.78, 5) is 16.1. The predicted octanol–water partition coefficient (Wildman–Crippen LogP) is 2.11. The van der Waals surface area contributed by atoms with Crippen LogP contribution < -0.4 is 4.74 Å². The lowest BCUT2D eigenvalue weighted by Gasteiger charge is -2.41. The lowest BCUT2D eigenvalue weighted by molar-refractivity contribution is -0.00610. The van der Waals surface area contributed by atoms with Crippen LogP contribution in [0.5, 0.6) is 5.75 Å². The first-order valence-corrected chi connectivity index (χ1v) is 8.28. The Hall–Kier alpha value is -1.79. The Balaban J connectivity index is 1.95. The quantitative estimate of drug-likeness (QED) is 0.912. The molecule has 1 atom stereocenters. The third kappa shape index (κ3) is 5.11. The van der Waals surface area contributed by atoms with E-state index in [0.29, 0.717) is 19.6 Å². The van der Waals surface area contributed by atoms with Crippen molar-refractivity contribution in [1.82, 2.24) is 9.80 Å².